The van der Waals surface area contributed by atoms with Gasteiger partial charge in [0.2, 0.25) is 0 Å². The van der Waals surface area contributed by atoms with E-state index in [0.717, 1.165) is 30.7 Å². The fourth-order valence-corrected chi connectivity index (χ4v) is 3.06. The van der Waals surface area contributed by atoms with Crippen molar-refractivity contribution in [3.63, 3.8) is 0 Å². The van der Waals surface area contributed by atoms with E-state index >= 15 is 0 Å². The molecule has 0 atom stereocenters. The highest BCUT2D eigenvalue weighted by Gasteiger charge is 2.32. The van der Waals surface area contributed by atoms with Gasteiger partial charge in [-0.1, -0.05) is 12.1 Å². The molecule has 0 aliphatic carbocycles. The van der Waals surface area contributed by atoms with Crippen molar-refractivity contribution in [3.05, 3.63) is 51.8 Å². The molecule has 4 nitrogen and oxygen atoms in total. The van der Waals surface area contributed by atoms with Gasteiger partial charge in [-0.15, -0.1) is 0 Å². The van der Waals surface area contributed by atoms with E-state index in [0.29, 0.717) is 5.41 Å². The second-order valence-corrected chi connectivity index (χ2v) is 5.87. The normalized spacial score (nSPS) is 17.1. The maximum atomic E-state index is 12.7. The van der Waals surface area contributed by atoms with Gasteiger partial charge in [-0.3, -0.25) is 0 Å². The van der Waals surface area contributed by atoms with E-state index in [1.54, 1.807) is 0 Å². The summed E-state index contributed by atoms with van der Waals surface area (Å²) in [5.74, 6) is -0.931. The lowest BCUT2D eigenvalue weighted by Gasteiger charge is -2.10. The minimum Gasteiger partial charge on any atom is -0.465 e. The number of rotatable bonds is 2. The second kappa shape index (κ2) is 5.03. The minimum absolute atomic E-state index is 0.0254. The number of esters is 1. The summed E-state index contributed by atoms with van der Waals surface area (Å²) in [6, 6.07) is 4.07. The molecule has 0 unspecified atom stereocenters. The van der Waals surface area contributed by atoms with Crippen LogP contribution >= 0.6 is 0 Å². The molecule has 1 heterocycles. The molecule has 1 aromatic carbocycles. The second-order valence-electron chi connectivity index (χ2n) is 4.22. The van der Waals surface area contributed by atoms with Crippen LogP contribution in [0.15, 0.2) is 40.7 Å². The van der Waals surface area contributed by atoms with Crippen LogP contribution in [0.4, 0.5) is 13.2 Å². The Bertz CT molecular complexity index is 758. The number of carbonyl (C=O) groups excluding carboxylic acids is 1. The highest BCUT2D eigenvalue weighted by Crippen LogP contribution is 2.35. The van der Waals surface area contributed by atoms with Crippen molar-refractivity contribution in [3.8, 4) is 0 Å². The Morgan fingerprint density at radius 3 is 2.43 bits per heavy atom. The van der Waals surface area contributed by atoms with Gasteiger partial charge in [-0.25, -0.2) is 13.2 Å². The van der Waals surface area contributed by atoms with Crippen LogP contribution in [-0.4, -0.2) is 21.5 Å². The summed E-state index contributed by atoms with van der Waals surface area (Å²) in [5, 5.41) is 1.42. The van der Waals surface area contributed by atoms with Gasteiger partial charge in [0.05, 0.1) is 23.7 Å². The number of halogens is 3. The first-order chi connectivity index (χ1) is 9.64. The van der Waals surface area contributed by atoms with E-state index < -0.39 is 27.5 Å². The van der Waals surface area contributed by atoms with Crippen LogP contribution in [-0.2, 0) is 25.5 Å². The first kappa shape index (κ1) is 15.3. The van der Waals surface area contributed by atoms with Crippen molar-refractivity contribution in [2.45, 2.75) is 6.18 Å². The summed E-state index contributed by atoms with van der Waals surface area (Å²) in [4.78, 5) is 11.5. The Kier molecular flexibility index (Phi) is 3.66. The third-order valence-corrected chi connectivity index (χ3v) is 3.89. The Balaban J connectivity index is 2.56. The number of methoxy groups -OCH3 is 1. The third-order valence-electron chi connectivity index (χ3n) is 2.76. The zero-order chi connectivity index (χ0) is 15.8. The number of ether oxygens (including phenoxy) is 1. The lowest BCUT2D eigenvalue weighted by Crippen LogP contribution is -2.07. The van der Waals surface area contributed by atoms with Crippen molar-refractivity contribution >= 4 is 21.4 Å². The molecule has 0 spiro atoms. The highest BCUT2D eigenvalue weighted by atomic mass is 32.2. The summed E-state index contributed by atoms with van der Waals surface area (Å²) in [6.45, 7) is 0. The number of carbonyl (C=O) groups is 1. The monoisotopic (exact) mass is 318 g/mol. The van der Waals surface area contributed by atoms with Gasteiger partial charge in [0.15, 0.2) is 9.84 Å². The fraction of sp³-hybridized carbons (Fsp3) is 0.154. The lowest BCUT2D eigenvalue weighted by molar-refractivity contribution is -0.137. The molecular formula is C13H9F3O4S. The molecule has 112 valence electrons. The molecule has 21 heavy (non-hydrogen) atoms. The van der Waals surface area contributed by atoms with Gasteiger partial charge in [0.25, 0.3) is 0 Å². The third kappa shape index (κ3) is 3.15. The molecule has 0 saturated heterocycles. The number of alkyl halides is 3. The molecule has 0 N–H and O–H groups in total. The zero-order valence-corrected chi connectivity index (χ0v) is 11.5. The summed E-state index contributed by atoms with van der Waals surface area (Å²) < 4.78 is 65.6. The van der Waals surface area contributed by atoms with Crippen LogP contribution in [0, 0.1) is 0 Å². The van der Waals surface area contributed by atoms with Crippen LogP contribution < -0.4 is 0 Å². The predicted octanol–water partition coefficient (Wildman–Crippen LogP) is 2.53. The quantitative estimate of drug-likeness (QED) is 0.786. The van der Waals surface area contributed by atoms with Gasteiger partial charge in [0.1, 0.15) is 0 Å². The van der Waals surface area contributed by atoms with Crippen molar-refractivity contribution in [1.82, 2.24) is 0 Å². The molecule has 1 aliphatic rings. The van der Waals surface area contributed by atoms with E-state index in [2.05, 4.69) is 4.74 Å². The van der Waals surface area contributed by atoms with E-state index in [4.69, 9.17) is 0 Å². The van der Waals surface area contributed by atoms with Crippen LogP contribution in [0.25, 0.3) is 5.57 Å². The zero-order valence-electron chi connectivity index (χ0n) is 10.6. The molecule has 0 bridgehead atoms. The fourth-order valence-electron chi connectivity index (χ4n) is 1.84. The average molecular weight is 318 g/mol. The largest absolute Gasteiger partial charge is 0.465 e. The molecule has 0 saturated carbocycles. The lowest BCUT2D eigenvalue weighted by atomic mass is 9.99. The highest BCUT2D eigenvalue weighted by molar-refractivity contribution is 7.97. The number of benzene rings is 1. The van der Waals surface area contributed by atoms with Crippen LogP contribution in [0.3, 0.4) is 0 Å². The van der Waals surface area contributed by atoms with Crippen LogP contribution in [0.5, 0.6) is 0 Å². The summed E-state index contributed by atoms with van der Waals surface area (Å²) in [5.41, 5.74) is -1.37. The first-order valence-electron chi connectivity index (χ1n) is 5.59. The van der Waals surface area contributed by atoms with Crippen molar-refractivity contribution < 1.29 is 31.1 Å². The topological polar surface area (TPSA) is 60.4 Å². The van der Waals surface area contributed by atoms with Crippen molar-refractivity contribution in [1.29, 1.82) is 0 Å². The Hall–Kier alpha value is -2.09. The summed E-state index contributed by atoms with van der Waals surface area (Å²) >= 11 is 0. The Morgan fingerprint density at radius 1 is 1.19 bits per heavy atom. The van der Waals surface area contributed by atoms with Crippen molar-refractivity contribution in [2.75, 3.05) is 7.11 Å². The Morgan fingerprint density at radius 2 is 1.86 bits per heavy atom. The first-order valence-corrected chi connectivity index (χ1v) is 7.20. The van der Waals surface area contributed by atoms with Gasteiger partial charge >= 0.3 is 12.1 Å². The maximum absolute atomic E-state index is 12.7. The molecular weight excluding hydrogens is 309 g/mol. The molecule has 0 radical (unpaired) electrons. The number of hydrogen-bond acceptors (Lipinski definition) is 4. The van der Waals surface area contributed by atoms with E-state index in [1.165, 1.54) is 6.07 Å². The molecule has 0 fully saturated rings. The van der Waals surface area contributed by atoms with E-state index in [1.807, 2.05) is 0 Å². The molecule has 8 heteroatoms. The molecule has 2 rings (SSSR count). The van der Waals surface area contributed by atoms with Gasteiger partial charge in [-0.2, -0.15) is 13.2 Å². The summed E-state index contributed by atoms with van der Waals surface area (Å²) in [7, 11) is -2.75. The van der Waals surface area contributed by atoms with Gasteiger partial charge < -0.3 is 4.74 Å². The smallest absolute Gasteiger partial charge is 0.416 e. The predicted molar refractivity (Wildman–Crippen MR) is 68.4 cm³/mol. The molecule has 1 aromatic rings. The van der Waals surface area contributed by atoms with Crippen LogP contribution in [0.2, 0.25) is 0 Å². The van der Waals surface area contributed by atoms with Crippen LogP contribution in [0.1, 0.15) is 11.1 Å². The van der Waals surface area contributed by atoms with E-state index in [-0.39, 0.29) is 16.7 Å². The minimum atomic E-state index is -4.57. The van der Waals surface area contributed by atoms with Crippen molar-refractivity contribution in [2.24, 2.45) is 0 Å². The number of sulfone groups is 1. The van der Waals surface area contributed by atoms with Gasteiger partial charge in [0, 0.05) is 11.0 Å². The van der Waals surface area contributed by atoms with Gasteiger partial charge in [-0.05, 0) is 17.7 Å². The molecule has 0 amide bonds. The standard InChI is InChI=1S/C13H9F3O4S/c1-20-12(17)11-7-21(18,19)6-10(11)8-3-2-4-9(5-8)13(14,15)16/h2-7H,1H3. The maximum Gasteiger partial charge on any atom is 0.416 e. The van der Waals surface area contributed by atoms with E-state index in [9.17, 15) is 26.4 Å². The number of hydrogen-bond donors (Lipinski definition) is 0. The average Bonchev–Trinajstić information content (AvgIpc) is 2.73. The molecule has 1 aliphatic heterocycles. The summed E-state index contributed by atoms with van der Waals surface area (Å²) in [6.07, 6.45) is -4.57. The SMILES string of the molecule is COC(=O)C1=CS(=O)(=O)C=C1c1cccc(C(F)(F)F)c1. The molecule has 0 aromatic heterocycles. The Labute approximate surface area is 118 Å².